The van der Waals surface area contributed by atoms with E-state index in [2.05, 4.69) is 10.1 Å². The first-order valence-electron chi connectivity index (χ1n) is 8.67. The maximum atomic E-state index is 14.3. The minimum atomic E-state index is -1.83. The van der Waals surface area contributed by atoms with Crippen molar-refractivity contribution in [3.05, 3.63) is 77.9 Å². The highest BCUT2D eigenvalue weighted by Gasteiger charge is 2.34. The molecule has 3 rings (SSSR count). The normalized spacial score (nSPS) is 13.1. The Hall–Kier alpha value is -3.13. The molecule has 0 saturated carbocycles. The first kappa shape index (κ1) is 19.6. The molecule has 1 unspecified atom stereocenters. The minimum absolute atomic E-state index is 0.00243. The smallest absolute Gasteiger partial charge is 0.162 e. The number of Topliss-reactive ketones (excluding diaryl/α,β-unsaturated/α-hetero) is 1. The highest BCUT2D eigenvalue weighted by Crippen LogP contribution is 2.28. The molecule has 0 amide bonds. The van der Waals surface area contributed by atoms with Crippen molar-refractivity contribution in [3.63, 3.8) is 0 Å². The van der Waals surface area contributed by atoms with E-state index in [4.69, 9.17) is 4.74 Å². The molecule has 6 nitrogen and oxygen atoms in total. The molecule has 0 aliphatic carbocycles. The van der Waals surface area contributed by atoms with Gasteiger partial charge >= 0.3 is 0 Å². The number of hydrogen-bond donors (Lipinski definition) is 1. The number of aromatic nitrogens is 3. The summed E-state index contributed by atoms with van der Waals surface area (Å²) in [7, 11) is 0. The van der Waals surface area contributed by atoms with Gasteiger partial charge < -0.3 is 9.84 Å². The van der Waals surface area contributed by atoms with E-state index in [9.17, 15) is 18.7 Å². The van der Waals surface area contributed by atoms with Gasteiger partial charge in [0.2, 0.25) is 0 Å². The van der Waals surface area contributed by atoms with Gasteiger partial charge in [0.05, 0.1) is 6.54 Å². The molecule has 0 radical (unpaired) electrons. The van der Waals surface area contributed by atoms with Crippen LogP contribution in [0.4, 0.5) is 8.78 Å². The van der Waals surface area contributed by atoms with Crippen LogP contribution in [-0.4, -0.2) is 32.3 Å². The summed E-state index contributed by atoms with van der Waals surface area (Å²) in [6.07, 6.45) is 3.05. The predicted molar refractivity (Wildman–Crippen MR) is 96.8 cm³/mol. The minimum Gasteiger partial charge on any atom is -0.490 e. The predicted octanol–water partition coefficient (Wildman–Crippen LogP) is 3.12. The zero-order valence-electron chi connectivity index (χ0n) is 15.2. The SMILES string of the molecule is CCC(=O)c1ccc(OCC(O)(Cn2cncn2)c2ccc(F)cc2F)cc1. The van der Waals surface area contributed by atoms with Crippen LogP contribution in [0.2, 0.25) is 0 Å². The second-order valence-electron chi connectivity index (χ2n) is 6.34. The molecule has 1 aromatic heterocycles. The molecule has 1 heterocycles. The van der Waals surface area contributed by atoms with Crippen molar-refractivity contribution in [1.82, 2.24) is 14.8 Å². The molecular formula is C20H19F2N3O3. The number of carbonyl (C=O) groups is 1. The van der Waals surface area contributed by atoms with E-state index >= 15 is 0 Å². The number of ketones is 1. The van der Waals surface area contributed by atoms with Crippen molar-refractivity contribution in [3.8, 4) is 5.75 Å². The number of aliphatic hydroxyl groups is 1. The fourth-order valence-electron chi connectivity index (χ4n) is 2.80. The third-order valence-corrected chi connectivity index (χ3v) is 4.30. The molecule has 28 heavy (non-hydrogen) atoms. The summed E-state index contributed by atoms with van der Waals surface area (Å²) in [5, 5.41) is 15.1. The van der Waals surface area contributed by atoms with Crippen molar-refractivity contribution < 1.29 is 23.4 Å². The highest BCUT2D eigenvalue weighted by molar-refractivity contribution is 5.95. The number of hydrogen-bond acceptors (Lipinski definition) is 5. The molecule has 1 atom stereocenters. The quantitative estimate of drug-likeness (QED) is 0.601. The molecule has 0 saturated heterocycles. The second kappa shape index (κ2) is 8.26. The maximum absolute atomic E-state index is 14.3. The monoisotopic (exact) mass is 387 g/mol. The number of ether oxygens (including phenoxy) is 1. The Kier molecular flexibility index (Phi) is 5.79. The standard InChI is InChI=1S/C20H19F2N3O3/c1-2-19(26)14-3-6-16(7-4-14)28-11-20(27,10-25-13-23-12-24-25)17-8-5-15(21)9-18(17)22/h3-9,12-13,27H,2,10-11H2,1H3. The van der Waals surface area contributed by atoms with Crippen molar-refractivity contribution in [2.45, 2.75) is 25.5 Å². The Bertz CT molecular complexity index is 946. The van der Waals surface area contributed by atoms with Gasteiger partial charge in [-0.2, -0.15) is 5.10 Å². The van der Waals surface area contributed by atoms with Crippen molar-refractivity contribution in [2.75, 3.05) is 6.61 Å². The second-order valence-corrected chi connectivity index (χ2v) is 6.34. The number of halogens is 2. The zero-order valence-corrected chi connectivity index (χ0v) is 15.2. The van der Waals surface area contributed by atoms with Crippen LogP contribution in [0, 0.1) is 11.6 Å². The van der Waals surface area contributed by atoms with Crippen LogP contribution in [0.5, 0.6) is 5.75 Å². The average Bonchev–Trinajstić information content (AvgIpc) is 3.18. The Balaban J connectivity index is 1.84. The molecule has 2 aromatic carbocycles. The Morgan fingerprint density at radius 1 is 1.21 bits per heavy atom. The van der Waals surface area contributed by atoms with Gasteiger partial charge in [-0.25, -0.2) is 18.4 Å². The summed E-state index contributed by atoms with van der Waals surface area (Å²) in [5.74, 6) is -1.24. The number of benzene rings is 2. The van der Waals surface area contributed by atoms with E-state index in [1.807, 2.05) is 0 Å². The lowest BCUT2D eigenvalue weighted by atomic mass is 9.94. The molecule has 0 aliphatic rings. The Labute approximate surface area is 160 Å². The fraction of sp³-hybridized carbons (Fsp3) is 0.250. The van der Waals surface area contributed by atoms with Crippen LogP contribution < -0.4 is 4.74 Å². The summed E-state index contributed by atoms with van der Waals surface area (Å²) in [6, 6.07) is 9.38. The van der Waals surface area contributed by atoms with Crippen LogP contribution >= 0.6 is 0 Å². The van der Waals surface area contributed by atoms with Gasteiger partial charge in [0.1, 0.15) is 42.2 Å². The summed E-state index contributed by atoms with van der Waals surface area (Å²) in [4.78, 5) is 15.5. The molecule has 0 spiro atoms. The van der Waals surface area contributed by atoms with Gasteiger partial charge in [-0.05, 0) is 30.3 Å². The molecule has 0 aliphatic heterocycles. The van der Waals surface area contributed by atoms with Crippen LogP contribution in [0.25, 0.3) is 0 Å². The maximum Gasteiger partial charge on any atom is 0.162 e. The number of nitrogens with zero attached hydrogens (tertiary/aromatic N) is 3. The van der Waals surface area contributed by atoms with Gasteiger partial charge in [-0.1, -0.05) is 13.0 Å². The lowest BCUT2D eigenvalue weighted by Crippen LogP contribution is -2.39. The molecule has 0 fully saturated rings. The average molecular weight is 387 g/mol. The Morgan fingerprint density at radius 2 is 1.96 bits per heavy atom. The fourth-order valence-corrected chi connectivity index (χ4v) is 2.80. The summed E-state index contributed by atoms with van der Waals surface area (Å²) in [6.45, 7) is 1.30. The third kappa shape index (κ3) is 4.40. The van der Waals surface area contributed by atoms with E-state index in [1.54, 1.807) is 31.2 Å². The van der Waals surface area contributed by atoms with Crippen LogP contribution in [0.15, 0.2) is 55.1 Å². The van der Waals surface area contributed by atoms with E-state index in [0.717, 1.165) is 6.07 Å². The number of carbonyl (C=O) groups excluding carboxylic acids is 1. The van der Waals surface area contributed by atoms with Gasteiger partial charge in [0.15, 0.2) is 5.78 Å². The van der Waals surface area contributed by atoms with E-state index in [1.165, 1.54) is 23.4 Å². The van der Waals surface area contributed by atoms with E-state index in [-0.39, 0.29) is 24.5 Å². The van der Waals surface area contributed by atoms with Crippen molar-refractivity contribution in [2.24, 2.45) is 0 Å². The molecule has 1 N–H and O–H groups in total. The van der Waals surface area contributed by atoms with Crippen molar-refractivity contribution >= 4 is 5.78 Å². The largest absolute Gasteiger partial charge is 0.490 e. The van der Waals surface area contributed by atoms with Gasteiger partial charge in [-0.15, -0.1) is 0 Å². The van der Waals surface area contributed by atoms with E-state index in [0.29, 0.717) is 23.8 Å². The topological polar surface area (TPSA) is 77.2 Å². The molecule has 0 bridgehead atoms. The molecular weight excluding hydrogens is 368 g/mol. The van der Waals surface area contributed by atoms with Gasteiger partial charge in [-0.3, -0.25) is 4.79 Å². The molecule has 3 aromatic rings. The Morgan fingerprint density at radius 3 is 2.57 bits per heavy atom. The van der Waals surface area contributed by atoms with Crippen molar-refractivity contribution in [1.29, 1.82) is 0 Å². The molecule has 146 valence electrons. The van der Waals surface area contributed by atoms with Crippen LogP contribution in [0.3, 0.4) is 0 Å². The lowest BCUT2D eigenvalue weighted by Gasteiger charge is -2.29. The van der Waals surface area contributed by atoms with Crippen LogP contribution in [0.1, 0.15) is 29.3 Å². The van der Waals surface area contributed by atoms with Gasteiger partial charge in [0.25, 0.3) is 0 Å². The van der Waals surface area contributed by atoms with E-state index < -0.39 is 17.2 Å². The summed E-state index contributed by atoms with van der Waals surface area (Å²) >= 11 is 0. The zero-order chi connectivity index (χ0) is 20.1. The summed E-state index contributed by atoms with van der Waals surface area (Å²) < 4.78 is 34.6. The highest BCUT2D eigenvalue weighted by atomic mass is 19.1. The van der Waals surface area contributed by atoms with Crippen LogP contribution in [-0.2, 0) is 12.1 Å². The van der Waals surface area contributed by atoms with Gasteiger partial charge in [0, 0.05) is 23.6 Å². The molecule has 8 heteroatoms. The lowest BCUT2D eigenvalue weighted by molar-refractivity contribution is -0.0297. The number of rotatable bonds is 8. The summed E-state index contributed by atoms with van der Waals surface area (Å²) in [5.41, 5.74) is -1.40. The third-order valence-electron chi connectivity index (χ3n) is 4.30. The first-order valence-corrected chi connectivity index (χ1v) is 8.67. The first-order chi connectivity index (χ1) is 13.4.